The number of hydrogen-bond donors (Lipinski definition) is 2. The highest BCUT2D eigenvalue weighted by atomic mass is 35.5. The Morgan fingerprint density at radius 1 is 1.17 bits per heavy atom. The topological polar surface area (TPSA) is 89.6 Å². The molecular formula is C17H20ClNO4S. The molecule has 0 aliphatic heterocycles. The Morgan fingerprint density at radius 2 is 1.83 bits per heavy atom. The summed E-state index contributed by atoms with van der Waals surface area (Å²) in [4.78, 5) is -0.440. The SMILES string of the molecule is CCCCCc1ccc(Oc2cc(S(=O)(=O)O)c(Cl)cc2N)cc1. The molecule has 0 amide bonds. The maximum Gasteiger partial charge on any atom is 0.296 e. The fraction of sp³-hybridized carbons (Fsp3) is 0.294. The molecule has 0 bridgehead atoms. The van der Waals surface area contributed by atoms with Gasteiger partial charge in [-0.15, -0.1) is 0 Å². The molecule has 7 heteroatoms. The van der Waals surface area contributed by atoms with Gasteiger partial charge in [0.05, 0.1) is 10.7 Å². The van der Waals surface area contributed by atoms with Gasteiger partial charge in [0.2, 0.25) is 0 Å². The van der Waals surface area contributed by atoms with Gasteiger partial charge in [0, 0.05) is 6.07 Å². The molecule has 130 valence electrons. The molecule has 0 atom stereocenters. The van der Waals surface area contributed by atoms with Crippen molar-refractivity contribution >= 4 is 27.4 Å². The van der Waals surface area contributed by atoms with Crippen molar-refractivity contribution in [1.82, 2.24) is 0 Å². The lowest BCUT2D eigenvalue weighted by atomic mass is 10.1. The van der Waals surface area contributed by atoms with Crippen LogP contribution in [0.1, 0.15) is 31.7 Å². The van der Waals surface area contributed by atoms with Gasteiger partial charge < -0.3 is 10.5 Å². The number of nitrogens with two attached hydrogens (primary N) is 1. The smallest absolute Gasteiger partial charge is 0.296 e. The van der Waals surface area contributed by atoms with Crippen molar-refractivity contribution in [3.05, 3.63) is 47.0 Å². The third kappa shape index (κ3) is 4.87. The van der Waals surface area contributed by atoms with Crippen molar-refractivity contribution < 1.29 is 17.7 Å². The zero-order valence-electron chi connectivity index (χ0n) is 13.3. The molecule has 2 aromatic carbocycles. The maximum absolute atomic E-state index is 11.3. The molecule has 0 saturated heterocycles. The van der Waals surface area contributed by atoms with E-state index >= 15 is 0 Å². The van der Waals surface area contributed by atoms with Crippen LogP contribution in [-0.4, -0.2) is 13.0 Å². The van der Waals surface area contributed by atoms with Crippen LogP contribution in [0.15, 0.2) is 41.3 Å². The first-order valence-electron chi connectivity index (χ1n) is 7.64. The van der Waals surface area contributed by atoms with E-state index in [1.807, 2.05) is 12.1 Å². The van der Waals surface area contributed by atoms with Gasteiger partial charge in [0.25, 0.3) is 10.1 Å². The summed E-state index contributed by atoms with van der Waals surface area (Å²) in [5, 5.41) is -0.159. The monoisotopic (exact) mass is 369 g/mol. The van der Waals surface area contributed by atoms with Gasteiger partial charge in [0.15, 0.2) is 5.75 Å². The van der Waals surface area contributed by atoms with E-state index in [1.54, 1.807) is 12.1 Å². The fourth-order valence-electron chi connectivity index (χ4n) is 2.27. The Morgan fingerprint density at radius 3 is 2.42 bits per heavy atom. The van der Waals surface area contributed by atoms with E-state index < -0.39 is 15.0 Å². The molecule has 0 aromatic heterocycles. The number of benzene rings is 2. The molecule has 2 rings (SSSR count). The Kier molecular flexibility index (Phi) is 6.10. The first-order chi connectivity index (χ1) is 11.3. The second-order valence-corrected chi connectivity index (χ2v) is 7.30. The number of unbranched alkanes of at least 4 members (excludes halogenated alkanes) is 2. The lowest BCUT2D eigenvalue weighted by Crippen LogP contribution is -2.02. The summed E-state index contributed by atoms with van der Waals surface area (Å²) < 4.78 is 37.4. The summed E-state index contributed by atoms with van der Waals surface area (Å²) in [6.07, 6.45) is 4.51. The molecule has 0 spiro atoms. The lowest BCUT2D eigenvalue weighted by Gasteiger charge is -2.11. The third-order valence-corrected chi connectivity index (χ3v) is 4.88. The molecule has 2 aromatic rings. The second-order valence-electron chi connectivity index (χ2n) is 5.50. The van der Waals surface area contributed by atoms with Crippen LogP contribution in [0.4, 0.5) is 5.69 Å². The van der Waals surface area contributed by atoms with Crippen molar-refractivity contribution in [3.8, 4) is 11.5 Å². The van der Waals surface area contributed by atoms with E-state index in [9.17, 15) is 13.0 Å². The van der Waals surface area contributed by atoms with Crippen LogP contribution in [0.5, 0.6) is 11.5 Å². The van der Waals surface area contributed by atoms with E-state index in [4.69, 9.17) is 22.1 Å². The quantitative estimate of drug-likeness (QED) is 0.419. The Balaban J connectivity index is 2.19. The van der Waals surface area contributed by atoms with Gasteiger partial charge in [-0.25, -0.2) is 0 Å². The van der Waals surface area contributed by atoms with Crippen LogP contribution in [0.2, 0.25) is 5.02 Å². The van der Waals surface area contributed by atoms with Crippen LogP contribution < -0.4 is 10.5 Å². The molecule has 5 nitrogen and oxygen atoms in total. The molecule has 0 unspecified atom stereocenters. The second kappa shape index (κ2) is 7.88. The van der Waals surface area contributed by atoms with Crippen molar-refractivity contribution in [2.45, 2.75) is 37.5 Å². The van der Waals surface area contributed by atoms with Crippen LogP contribution in [0, 0.1) is 0 Å². The highest BCUT2D eigenvalue weighted by molar-refractivity contribution is 7.86. The summed E-state index contributed by atoms with van der Waals surface area (Å²) in [7, 11) is -4.45. The molecule has 3 N–H and O–H groups in total. The van der Waals surface area contributed by atoms with Crippen LogP contribution in [-0.2, 0) is 16.5 Å². The van der Waals surface area contributed by atoms with E-state index in [0.717, 1.165) is 18.9 Å². The normalized spacial score (nSPS) is 11.5. The van der Waals surface area contributed by atoms with Crippen molar-refractivity contribution in [2.24, 2.45) is 0 Å². The Hall–Kier alpha value is -1.76. The number of hydrogen-bond acceptors (Lipinski definition) is 4. The van der Waals surface area contributed by atoms with Crippen molar-refractivity contribution in [3.63, 3.8) is 0 Å². The zero-order valence-corrected chi connectivity index (χ0v) is 14.9. The average molecular weight is 370 g/mol. The minimum absolute atomic E-state index is 0.116. The lowest BCUT2D eigenvalue weighted by molar-refractivity contribution is 0.473. The summed E-state index contributed by atoms with van der Waals surface area (Å²) in [5.74, 6) is 0.635. The summed E-state index contributed by atoms with van der Waals surface area (Å²) in [6, 6.07) is 9.85. The molecule has 0 aliphatic carbocycles. The van der Waals surface area contributed by atoms with E-state index in [0.29, 0.717) is 5.75 Å². The predicted molar refractivity (Wildman–Crippen MR) is 95.4 cm³/mol. The van der Waals surface area contributed by atoms with E-state index in [1.165, 1.54) is 24.5 Å². The number of anilines is 1. The highest BCUT2D eigenvalue weighted by Crippen LogP contribution is 2.34. The number of nitrogen functional groups attached to an aromatic ring is 1. The van der Waals surface area contributed by atoms with Crippen LogP contribution >= 0.6 is 11.6 Å². The number of halogens is 1. The average Bonchev–Trinajstić information content (AvgIpc) is 2.50. The van der Waals surface area contributed by atoms with Gasteiger partial charge >= 0.3 is 0 Å². The minimum atomic E-state index is -4.45. The zero-order chi connectivity index (χ0) is 17.7. The summed E-state index contributed by atoms with van der Waals surface area (Å²) in [6.45, 7) is 2.16. The third-order valence-electron chi connectivity index (χ3n) is 3.56. The van der Waals surface area contributed by atoms with Crippen LogP contribution in [0.3, 0.4) is 0 Å². The van der Waals surface area contributed by atoms with Crippen LogP contribution in [0.25, 0.3) is 0 Å². The molecule has 0 saturated carbocycles. The molecule has 0 heterocycles. The van der Waals surface area contributed by atoms with Gasteiger partial charge in [-0.3, -0.25) is 4.55 Å². The van der Waals surface area contributed by atoms with Gasteiger partial charge in [0.1, 0.15) is 10.6 Å². The first kappa shape index (κ1) is 18.6. The highest BCUT2D eigenvalue weighted by Gasteiger charge is 2.18. The Labute approximate surface area is 147 Å². The number of rotatable bonds is 7. The Bertz CT molecular complexity index is 804. The van der Waals surface area contributed by atoms with E-state index in [2.05, 4.69) is 6.92 Å². The predicted octanol–water partition coefficient (Wildman–Crippen LogP) is 4.69. The molecule has 0 radical (unpaired) electrons. The fourth-order valence-corrected chi connectivity index (χ4v) is 3.29. The molecule has 0 fully saturated rings. The summed E-state index contributed by atoms with van der Waals surface area (Å²) >= 11 is 5.80. The van der Waals surface area contributed by atoms with Crippen molar-refractivity contribution in [2.75, 3.05) is 5.73 Å². The number of ether oxygens (including phenoxy) is 1. The minimum Gasteiger partial charge on any atom is -0.455 e. The number of aryl methyl sites for hydroxylation is 1. The van der Waals surface area contributed by atoms with E-state index in [-0.39, 0.29) is 16.5 Å². The van der Waals surface area contributed by atoms with Gasteiger partial charge in [-0.2, -0.15) is 8.42 Å². The molecule has 24 heavy (non-hydrogen) atoms. The largest absolute Gasteiger partial charge is 0.455 e. The first-order valence-corrected chi connectivity index (χ1v) is 9.46. The maximum atomic E-state index is 11.3. The molecule has 0 aliphatic rings. The standard InChI is InChI=1S/C17H20ClNO4S/c1-2-3-4-5-12-6-8-13(9-7-12)23-16-11-17(24(20,21)22)14(18)10-15(16)19/h6-11H,2-5,19H2,1H3,(H,20,21,22). The van der Waals surface area contributed by atoms with Gasteiger partial charge in [-0.1, -0.05) is 43.5 Å². The molecular weight excluding hydrogens is 350 g/mol. The van der Waals surface area contributed by atoms with Crippen molar-refractivity contribution in [1.29, 1.82) is 0 Å². The summed E-state index contributed by atoms with van der Waals surface area (Å²) in [5.41, 5.74) is 7.19. The van der Waals surface area contributed by atoms with Gasteiger partial charge in [-0.05, 0) is 36.6 Å².